The van der Waals surface area contributed by atoms with E-state index in [1.807, 2.05) is 0 Å². The summed E-state index contributed by atoms with van der Waals surface area (Å²) in [5.41, 5.74) is 0.974. The first-order valence-corrected chi connectivity index (χ1v) is 17.8. The van der Waals surface area contributed by atoms with Crippen LogP contribution in [0.15, 0.2) is 42.5 Å². The van der Waals surface area contributed by atoms with Crippen LogP contribution in [-0.2, 0) is 44.4 Å². The van der Waals surface area contributed by atoms with E-state index in [-0.39, 0.29) is 36.0 Å². The lowest BCUT2D eigenvalue weighted by molar-refractivity contribution is -0.389. The van der Waals surface area contributed by atoms with Gasteiger partial charge in [0, 0.05) is 6.08 Å². The van der Waals surface area contributed by atoms with Gasteiger partial charge in [-0.2, -0.15) is 0 Å². The van der Waals surface area contributed by atoms with Gasteiger partial charge in [-0.05, 0) is 47.9 Å². The second-order valence-corrected chi connectivity index (χ2v) is 13.5. The lowest BCUT2D eigenvalue weighted by Gasteiger charge is -2.48. The summed E-state index contributed by atoms with van der Waals surface area (Å²) < 4.78 is 44.6. The number of benzene rings is 2. The van der Waals surface area contributed by atoms with Crippen molar-refractivity contribution in [2.75, 3.05) is 33.5 Å². The Labute approximate surface area is 324 Å². The predicted molar refractivity (Wildman–Crippen MR) is 186 cm³/mol. The number of esters is 1. The summed E-state index contributed by atoms with van der Waals surface area (Å²) in [4.78, 5) is 12.7. The first-order valence-electron chi connectivity index (χ1n) is 17.8. The number of aromatic hydroxyl groups is 3. The smallest absolute Gasteiger partial charge is 0.330 e. The number of carbonyl (C=O) groups excluding carboxylic acids is 1. The van der Waals surface area contributed by atoms with Gasteiger partial charge < -0.3 is 99.2 Å². The molecule has 2 aromatic rings. The largest absolute Gasteiger partial charge is 0.504 e. The zero-order chi connectivity index (χ0) is 41.6. The average Bonchev–Trinajstić information content (AvgIpc) is 3.20. The standard InChI is InChI=1S/C36H48O21/c1-50-20-11-15(3-6-18(20)40)4-7-24(42)52-14-23-27(45)32(31(49)34(55-23)51-9-8-16-2-5-17(39)19(41)10-16)56-36-33(29(47)26(44)22(13-38)54-36)57-35-30(48)28(46)25(43)21(12-37)53-35/h2-7,10-11,21-23,25-41,43-49H,8-9,12-14H2,1H3. The van der Waals surface area contributed by atoms with E-state index in [1.165, 1.54) is 49.6 Å². The summed E-state index contributed by atoms with van der Waals surface area (Å²) >= 11 is 0. The van der Waals surface area contributed by atoms with Crippen LogP contribution in [0.5, 0.6) is 23.0 Å². The number of phenolic OH excluding ortho intramolecular Hbond substituents is 3. The van der Waals surface area contributed by atoms with Crippen LogP contribution in [0.25, 0.3) is 6.08 Å². The molecule has 15 unspecified atom stereocenters. The molecule has 21 nitrogen and oxygen atoms in total. The van der Waals surface area contributed by atoms with E-state index in [4.69, 9.17) is 37.9 Å². The minimum Gasteiger partial charge on any atom is -0.504 e. The first-order chi connectivity index (χ1) is 27.2. The SMILES string of the molecule is COc1cc(C=CC(=O)OCC2OC(OCCc3ccc(O)c(O)c3)C(O)C(OC3OC(CO)C(O)C(O)C3OC3OC(CO)C(O)C(O)C3O)C2O)ccc1O. The summed E-state index contributed by atoms with van der Waals surface area (Å²) in [6, 6.07) is 8.35. The van der Waals surface area contributed by atoms with Crippen molar-refractivity contribution in [2.45, 2.75) is 98.5 Å². The fraction of sp³-hybridized carbons (Fsp3) is 0.583. The number of methoxy groups -OCH3 is 1. The van der Waals surface area contributed by atoms with E-state index in [0.717, 1.165) is 6.08 Å². The van der Waals surface area contributed by atoms with Gasteiger partial charge in [0.15, 0.2) is 41.9 Å². The third-order valence-electron chi connectivity index (χ3n) is 9.62. The Morgan fingerprint density at radius 2 is 1.30 bits per heavy atom. The molecule has 0 aliphatic carbocycles. The van der Waals surface area contributed by atoms with Crippen molar-refractivity contribution in [2.24, 2.45) is 0 Å². The van der Waals surface area contributed by atoms with Gasteiger partial charge in [-0.1, -0.05) is 12.1 Å². The van der Waals surface area contributed by atoms with Gasteiger partial charge in [0.1, 0.15) is 79.9 Å². The van der Waals surface area contributed by atoms with E-state index < -0.39 is 118 Å². The molecule has 0 aromatic heterocycles. The normalized spacial score (nSPS) is 35.9. The maximum absolute atomic E-state index is 12.7. The fourth-order valence-corrected chi connectivity index (χ4v) is 6.33. The highest BCUT2D eigenvalue weighted by molar-refractivity contribution is 5.87. The number of rotatable bonds is 15. The van der Waals surface area contributed by atoms with Gasteiger partial charge >= 0.3 is 5.97 Å². The molecule has 57 heavy (non-hydrogen) atoms. The number of hydrogen-bond donors (Lipinski definition) is 12. The molecule has 3 aliphatic heterocycles. The molecule has 5 rings (SSSR count). The Bertz CT molecular complexity index is 1640. The molecular weight excluding hydrogens is 768 g/mol. The van der Waals surface area contributed by atoms with Crippen LogP contribution in [0.1, 0.15) is 11.1 Å². The zero-order valence-electron chi connectivity index (χ0n) is 30.4. The van der Waals surface area contributed by atoms with Crippen molar-refractivity contribution in [3.8, 4) is 23.0 Å². The van der Waals surface area contributed by atoms with E-state index >= 15 is 0 Å². The van der Waals surface area contributed by atoms with Crippen LogP contribution < -0.4 is 4.74 Å². The third-order valence-corrected chi connectivity index (χ3v) is 9.62. The minimum atomic E-state index is -1.98. The van der Waals surface area contributed by atoms with Gasteiger partial charge in [-0.15, -0.1) is 0 Å². The lowest BCUT2D eigenvalue weighted by atomic mass is 9.96. The van der Waals surface area contributed by atoms with Gasteiger partial charge in [-0.3, -0.25) is 0 Å². The molecule has 21 heteroatoms. The van der Waals surface area contributed by atoms with Gasteiger partial charge in [0.25, 0.3) is 0 Å². The van der Waals surface area contributed by atoms with Gasteiger partial charge in [0.2, 0.25) is 0 Å². The highest BCUT2D eigenvalue weighted by atomic mass is 16.8. The van der Waals surface area contributed by atoms with Gasteiger partial charge in [0.05, 0.1) is 26.9 Å². The second kappa shape index (κ2) is 19.8. The molecule has 2 aromatic carbocycles. The number of aliphatic hydroxyl groups is 9. The molecule has 0 radical (unpaired) electrons. The molecule has 0 spiro atoms. The monoisotopic (exact) mass is 816 g/mol. The van der Waals surface area contributed by atoms with Crippen LogP contribution >= 0.6 is 0 Å². The molecule has 12 N–H and O–H groups in total. The van der Waals surface area contributed by atoms with Crippen molar-refractivity contribution in [1.82, 2.24) is 0 Å². The van der Waals surface area contributed by atoms with Crippen LogP contribution in [0.2, 0.25) is 0 Å². The predicted octanol–water partition coefficient (Wildman–Crippen LogP) is -3.92. The quantitative estimate of drug-likeness (QED) is 0.0464. The van der Waals surface area contributed by atoms with Gasteiger partial charge in [-0.25, -0.2) is 4.79 Å². The second-order valence-electron chi connectivity index (χ2n) is 13.5. The Morgan fingerprint density at radius 3 is 1.96 bits per heavy atom. The Morgan fingerprint density at radius 1 is 0.667 bits per heavy atom. The van der Waals surface area contributed by atoms with Crippen LogP contribution in [0.4, 0.5) is 0 Å². The molecule has 3 aliphatic rings. The number of carbonyl (C=O) groups is 1. The molecule has 0 amide bonds. The number of aliphatic hydroxyl groups excluding tert-OH is 9. The number of phenols is 3. The van der Waals surface area contributed by atoms with E-state index in [1.54, 1.807) is 0 Å². The lowest BCUT2D eigenvalue weighted by Crippen LogP contribution is -2.67. The Hall–Kier alpha value is -3.75. The van der Waals surface area contributed by atoms with Crippen LogP contribution in [0.3, 0.4) is 0 Å². The highest BCUT2D eigenvalue weighted by Crippen LogP contribution is 2.34. The number of hydrogen-bond acceptors (Lipinski definition) is 21. The maximum Gasteiger partial charge on any atom is 0.330 e. The summed E-state index contributed by atoms with van der Waals surface area (Å²) in [6.07, 6.45) is -24.2. The molecule has 0 bridgehead atoms. The Balaban J connectivity index is 1.35. The number of ether oxygens (including phenoxy) is 8. The van der Waals surface area contributed by atoms with E-state index in [2.05, 4.69) is 0 Å². The Kier molecular flexibility index (Phi) is 15.4. The molecule has 3 fully saturated rings. The van der Waals surface area contributed by atoms with Crippen molar-refractivity contribution < 1.29 is 104 Å². The molecule has 3 heterocycles. The maximum atomic E-state index is 12.7. The summed E-state index contributed by atoms with van der Waals surface area (Å²) in [6.45, 7) is -2.53. The molecule has 0 saturated carbocycles. The van der Waals surface area contributed by atoms with Crippen LogP contribution in [-0.4, -0.2) is 193 Å². The van der Waals surface area contributed by atoms with Crippen LogP contribution in [0, 0.1) is 0 Å². The summed E-state index contributed by atoms with van der Waals surface area (Å²) in [7, 11) is 1.35. The average molecular weight is 817 g/mol. The molecular formula is C36H48O21. The molecule has 3 saturated heterocycles. The third kappa shape index (κ3) is 10.5. The minimum absolute atomic E-state index is 0.115. The highest BCUT2D eigenvalue weighted by Gasteiger charge is 2.54. The van der Waals surface area contributed by atoms with E-state index in [0.29, 0.717) is 11.1 Å². The summed E-state index contributed by atoms with van der Waals surface area (Å²) in [5.74, 6) is -1.62. The first kappa shape index (κ1) is 44.4. The van der Waals surface area contributed by atoms with Crippen molar-refractivity contribution in [3.63, 3.8) is 0 Å². The van der Waals surface area contributed by atoms with Crippen molar-refractivity contribution >= 4 is 12.0 Å². The molecule has 15 atom stereocenters. The van der Waals surface area contributed by atoms with Crippen molar-refractivity contribution in [1.29, 1.82) is 0 Å². The fourth-order valence-electron chi connectivity index (χ4n) is 6.33. The summed E-state index contributed by atoms with van der Waals surface area (Å²) in [5, 5.41) is 125. The van der Waals surface area contributed by atoms with E-state index in [9.17, 15) is 66.1 Å². The van der Waals surface area contributed by atoms with Crippen molar-refractivity contribution in [3.05, 3.63) is 53.6 Å². The zero-order valence-corrected chi connectivity index (χ0v) is 30.4. The molecule has 318 valence electrons. The topological polar surface area (TPSA) is 334 Å².